The molecular formula is C16H14O2. The van der Waals surface area contributed by atoms with Crippen LogP contribution >= 0.6 is 0 Å². The van der Waals surface area contributed by atoms with E-state index in [1.807, 2.05) is 36.4 Å². The van der Waals surface area contributed by atoms with Crippen LogP contribution in [0.4, 0.5) is 0 Å². The van der Waals surface area contributed by atoms with Crippen LogP contribution in [-0.4, -0.2) is 10.9 Å². The maximum absolute atomic E-state index is 12.2. The molecule has 0 fully saturated rings. The molecule has 0 bridgehead atoms. The minimum absolute atomic E-state index is 0.0178. The Kier molecular flexibility index (Phi) is 2.63. The molecule has 0 aromatic heterocycles. The van der Waals surface area contributed by atoms with Crippen molar-refractivity contribution in [2.75, 3.05) is 0 Å². The van der Waals surface area contributed by atoms with Crippen LogP contribution in [0.2, 0.25) is 0 Å². The molecule has 2 nitrogen and oxygen atoms in total. The summed E-state index contributed by atoms with van der Waals surface area (Å²) in [5.74, 6) is 0.344. The molecule has 1 aliphatic rings. The van der Waals surface area contributed by atoms with E-state index < -0.39 is 0 Å². The van der Waals surface area contributed by atoms with E-state index in [4.69, 9.17) is 0 Å². The van der Waals surface area contributed by atoms with E-state index in [2.05, 4.69) is 0 Å². The van der Waals surface area contributed by atoms with Gasteiger partial charge in [0.2, 0.25) is 0 Å². The Labute approximate surface area is 106 Å². The third-order valence-electron chi connectivity index (χ3n) is 3.52. The summed E-state index contributed by atoms with van der Waals surface area (Å²) in [5, 5.41) is 9.44. The monoisotopic (exact) mass is 238 g/mol. The Morgan fingerprint density at radius 3 is 2.67 bits per heavy atom. The van der Waals surface area contributed by atoms with Gasteiger partial charge < -0.3 is 5.11 Å². The number of hydrogen-bond acceptors (Lipinski definition) is 2. The average molecular weight is 238 g/mol. The molecular weight excluding hydrogens is 224 g/mol. The fourth-order valence-electron chi connectivity index (χ4n) is 2.61. The lowest BCUT2D eigenvalue weighted by Crippen LogP contribution is -2.12. The summed E-state index contributed by atoms with van der Waals surface area (Å²) in [4.78, 5) is 12.2. The number of phenolic OH excluding ortho intramolecular Hbond substituents is 1. The molecule has 3 rings (SSSR count). The van der Waals surface area contributed by atoms with E-state index in [9.17, 15) is 9.90 Å². The zero-order valence-corrected chi connectivity index (χ0v) is 9.97. The first kappa shape index (κ1) is 11.0. The van der Waals surface area contributed by atoms with Crippen LogP contribution in [-0.2, 0) is 12.8 Å². The van der Waals surface area contributed by atoms with E-state index in [0.717, 1.165) is 18.4 Å². The number of benzene rings is 2. The number of phenols is 1. The van der Waals surface area contributed by atoms with Gasteiger partial charge in [0.1, 0.15) is 5.75 Å². The topological polar surface area (TPSA) is 37.3 Å². The van der Waals surface area contributed by atoms with Gasteiger partial charge in [0, 0.05) is 11.5 Å². The Balaban J connectivity index is 1.85. The van der Waals surface area contributed by atoms with E-state index >= 15 is 0 Å². The van der Waals surface area contributed by atoms with Gasteiger partial charge in [0.05, 0.1) is 0 Å². The fourth-order valence-corrected chi connectivity index (χ4v) is 2.61. The lowest BCUT2D eigenvalue weighted by molar-refractivity contribution is 0.0936. The highest BCUT2D eigenvalue weighted by atomic mass is 16.3. The first-order chi connectivity index (χ1) is 8.74. The highest BCUT2D eigenvalue weighted by Gasteiger charge is 2.30. The quantitative estimate of drug-likeness (QED) is 0.873. The van der Waals surface area contributed by atoms with E-state index in [0.29, 0.717) is 5.56 Å². The number of rotatable bonds is 2. The van der Waals surface area contributed by atoms with Gasteiger partial charge in [-0.15, -0.1) is 0 Å². The molecule has 2 aromatic carbocycles. The maximum Gasteiger partial charge on any atom is 0.167 e. The van der Waals surface area contributed by atoms with Crippen molar-refractivity contribution in [2.45, 2.75) is 12.8 Å². The standard InChI is InChI=1S/C16H14O2/c17-14-7-6-12-9-13(16(18)15(12)10-14)8-11-4-2-1-3-5-11/h1-7,10,13,17H,8-9H2. The molecule has 0 heterocycles. The third kappa shape index (κ3) is 1.90. The molecule has 0 saturated heterocycles. The summed E-state index contributed by atoms with van der Waals surface area (Å²) in [6, 6.07) is 15.2. The minimum Gasteiger partial charge on any atom is -0.508 e. The van der Waals surface area contributed by atoms with Crippen LogP contribution in [0.25, 0.3) is 0 Å². The van der Waals surface area contributed by atoms with Crippen LogP contribution in [0, 0.1) is 5.92 Å². The number of hydrogen-bond donors (Lipinski definition) is 1. The van der Waals surface area contributed by atoms with Gasteiger partial charge in [0.25, 0.3) is 0 Å². The molecule has 0 aliphatic heterocycles. The van der Waals surface area contributed by atoms with Crippen LogP contribution in [0.1, 0.15) is 21.5 Å². The van der Waals surface area contributed by atoms with Gasteiger partial charge in [-0.05, 0) is 36.1 Å². The summed E-state index contributed by atoms with van der Waals surface area (Å²) < 4.78 is 0. The molecule has 1 N–H and O–H groups in total. The van der Waals surface area contributed by atoms with Crippen molar-refractivity contribution < 1.29 is 9.90 Å². The Hall–Kier alpha value is -2.09. The highest BCUT2D eigenvalue weighted by molar-refractivity contribution is 6.02. The maximum atomic E-state index is 12.2. The molecule has 1 atom stereocenters. The molecule has 1 unspecified atom stereocenters. The van der Waals surface area contributed by atoms with Gasteiger partial charge in [-0.2, -0.15) is 0 Å². The number of carbonyl (C=O) groups is 1. The normalized spacial score (nSPS) is 17.8. The Morgan fingerprint density at radius 1 is 1.11 bits per heavy atom. The summed E-state index contributed by atoms with van der Waals surface area (Å²) in [6.07, 6.45) is 1.55. The van der Waals surface area contributed by atoms with Crippen molar-refractivity contribution in [3.05, 3.63) is 65.2 Å². The van der Waals surface area contributed by atoms with Crippen LogP contribution < -0.4 is 0 Å². The third-order valence-corrected chi connectivity index (χ3v) is 3.52. The second-order valence-electron chi connectivity index (χ2n) is 4.80. The predicted molar refractivity (Wildman–Crippen MR) is 69.8 cm³/mol. The first-order valence-corrected chi connectivity index (χ1v) is 6.14. The van der Waals surface area contributed by atoms with Gasteiger partial charge >= 0.3 is 0 Å². The zero-order chi connectivity index (χ0) is 12.5. The Morgan fingerprint density at radius 2 is 1.89 bits per heavy atom. The van der Waals surface area contributed by atoms with Crippen molar-refractivity contribution in [2.24, 2.45) is 5.92 Å². The van der Waals surface area contributed by atoms with Crippen molar-refractivity contribution in [1.29, 1.82) is 0 Å². The zero-order valence-electron chi connectivity index (χ0n) is 9.97. The van der Waals surface area contributed by atoms with E-state index in [-0.39, 0.29) is 17.5 Å². The number of carbonyl (C=O) groups excluding carboxylic acids is 1. The second kappa shape index (κ2) is 4.30. The van der Waals surface area contributed by atoms with Crippen molar-refractivity contribution >= 4 is 5.78 Å². The fraction of sp³-hybridized carbons (Fsp3) is 0.188. The van der Waals surface area contributed by atoms with Crippen LogP contribution in [0.3, 0.4) is 0 Å². The molecule has 18 heavy (non-hydrogen) atoms. The van der Waals surface area contributed by atoms with Crippen molar-refractivity contribution in [1.82, 2.24) is 0 Å². The van der Waals surface area contributed by atoms with Gasteiger partial charge in [-0.3, -0.25) is 4.79 Å². The lowest BCUT2D eigenvalue weighted by atomic mass is 9.96. The summed E-state index contributed by atoms with van der Waals surface area (Å²) in [7, 11) is 0. The summed E-state index contributed by atoms with van der Waals surface area (Å²) in [6.45, 7) is 0. The first-order valence-electron chi connectivity index (χ1n) is 6.14. The summed E-state index contributed by atoms with van der Waals surface area (Å²) >= 11 is 0. The smallest absolute Gasteiger partial charge is 0.167 e. The van der Waals surface area contributed by atoms with Crippen molar-refractivity contribution in [3.8, 4) is 5.75 Å². The molecule has 2 heteroatoms. The highest BCUT2D eigenvalue weighted by Crippen LogP contribution is 2.31. The number of aromatic hydroxyl groups is 1. The molecule has 2 aromatic rings. The molecule has 90 valence electrons. The molecule has 0 amide bonds. The van der Waals surface area contributed by atoms with Crippen LogP contribution in [0.15, 0.2) is 48.5 Å². The van der Waals surface area contributed by atoms with E-state index in [1.165, 1.54) is 5.56 Å². The lowest BCUT2D eigenvalue weighted by Gasteiger charge is -2.07. The molecule has 0 radical (unpaired) electrons. The van der Waals surface area contributed by atoms with Crippen molar-refractivity contribution in [3.63, 3.8) is 0 Å². The number of Topliss-reactive ketones (excluding diaryl/α,β-unsaturated/α-hetero) is 1. The minimum atomic E-state index is 0.0178. The van der Waals surface area contributed by atoms with Gasteiger partial charge in [0.15, 0.2) is 5.78 Å². The summed E-state index contributed by atoms with van der Waals surface area (Å²) in [5.41, 5.74) is 2.93. The SMILES string of the molecule is O=C1c2cc(O)ccc2CC1Cc1ccccc1. The number of fused-ring (bicyclic) bond motifs is 1. The van der Waals surface area contributed by atoms with E-state index in [1.54, 1.807) is 12.1 Å². The molecule has 1 aliphatic carbocycles. The second-order valence-corrected chi connectivity index (χ2v) is 4.80. The van der Waals surface area contributed by atoms with Gasteiger partial charge in [-0.1, -0.05) is 36.4 Å². The molecule has 0 saturated carbocycles. The predicted octanol–water partition coefficient (Wildman–Crippen LogP) is 2.99. The number of ketones is 1. The Bertz CT molecular complexity index is 587. The average Bonchev–Trinajstić information content (AvgIpc) is 2.68. The van der Waals surface area contributed by atoms with Gasteiger partial charge in [-0.25, -0.2) is 0 Å². The largest absolute Gasteiger partial charge is 0.508 e. The molecule has 0 spiro atoms. The van der Waals surface area contributed by atoms with Crippen LogP contribution in [0.5, 0.6) is 5.75 Å².